The lowest BCUT2D eigenvalue weighted by molar-refractivity contribution is -0.135. The zero-order chi connectivity index (χ0) is 13.6. The third-order valence-corrected chi connectivity index (χ3v) is 3.57. The number of rotatable bonds is 6. The molecule has 1 saturated heterocycles. The van der Waals surface area contributed by atoms with E-state index in [4.69, 9.17) is 0 Å². The number of alkyl halides is 3. The summed E-state index contributed by atoms with van der Waals surface area (Å²) in [5.74, 6) is -0.0259. The van der Waals surface area contributed by atoms with Crippen LogP contribution >= 0.6 is 0 Å². The van der Waals surface area contributed by atoms with Crippen LogP contribution < -0.4 is 10.6 Å². The molecule has 1 amide bonds. The van der Waals surface area contributed by atoms with Gasteiger partial charge in [-0.2, -0.15) is 13.2 Å². The molecule has 0 aliphatic carbocycles. The molecule has 3 nitrogen and oxygen atoms in total. The van der Waals surface area contributed by atoms with E-state index in [0.29, 0.717) is 19.5 Å². The van der Waals surface area contributed by atoms with Crippen LogP contribution in [0.4, 0.5) is 13.2 Å². The van der Waals surface area contributed by atoms with Gasteiger partial charge < -0.3 is 10.6 Å². The molecule has 1 unspecified atom stereocenters. The molecule has 2 N–H and O–H groups in total. The van der Waals surface area contributed by atoms with Crippen molar-refractivity contribution >= 4 is 5.91 Å². The lowest BCUT2D eigenvalue weighted by Gasteiger charge is -2.25. The van der Waals surface area contributed by atoms with Gasteiger partial charge in [-0.05, 0) is 32.2 Å². The van der Waals surface area contributed by atoms with Gasteiger partial charge in [0.1, 0.15) is 0 Å². The lowest BCUT2D eigenvalue weighted by atomic mass is 9.83. The molecule has 106 valence electrons. The summed E-state index contributed by atoms with van der Waals surface area (Å²) in [7, 11) is 0. The van der Waals surface area contributed by atoms with Gasteiger partial charge in [0.25, 0.3) is 0 Å². The fourth-order valence-electron chi connectivity index (χ4n) is 2.24. The van der Waals surface area contributed by atoms with Gasteiger partial charge in [0.2, 0.25) is 5.91 Å². The molecule has 1 fully saturated rings. The van der Waals surface area contributed by atoms with Crippen LogP contribution in [-0.2, 0) is 4.79 Å². The first kappa shape index (κ1) is 15.3. The Hall–Kier alpha value is -0.780. The topological polar surface area (TPSA) is 41.1 Å². The Morgan fingerprint density at radius 3 is 2.61 bits per heavy atom. The Balaban J connectivity index is 2.21. The van der Waals surface area contributed by atoms with Crippen LogP contribution in [0.1, 0.15) is 39.0 Å². The standard InChI is InChI=1S/C12H21F3N2O/c1-2-11(6-8-16-9-11)10(18)17-7-4-3-5-12(13,14)15/h16H,2-9H2,1H3,(H,17,18). The van der Waals surface area contributed by atoms with Gasteiger partial charge in [-0.25, -0.2) is 0 Å². The smallest absolute Gasteiger partial charge is 0.356 e. The maximum Gasteiger partial charge on any atom is 0.389 e. The van der Waals surface area contributed by atoms with Crippen molar-refractivity contribution in [1.82, 2.24) is 10.6 Å². The van der Waals surface area contributed by atoms with Crippen LogP contribution in [0, 0.1) is 5.41 Å². The number of carbonyl (C=O) groups excluding carboxylic acids is 1. The first-order valence-electron chi connectivity index (χ1n) is 6.45. The highest BCUT2D eigenvalue weighted by Crippen LogP contribution is 2.29. The molecule has 1 atom stereocenters. The molecule has 1 rings (SSSR count). The summed E-state index contributed by atoms with van der Waals surface area (Å²) in [6.45, 7) is 3.79. The van der Waals surface area contributed by atoms with E-state index in [9.17, 15) is 18.0 Å². The van der Waals surface area contributed by atoms with Gasteiger partial charge in [0.05, 0.1) is 5.41 Å². The van der Waals surface area contributed by atoms with E-state index in [1.807, 2.05) is 6.92 Å². The first-order valence-corrected chi connectivity index (χ1v) is 6.45. The Bertz CT molecular complexity index is 273. The lowest BCUT2D eigenvalue weighted by Crippen LogP contribution is -2.42. The van der Waals surface area contributed by atoms with Gasteiger partial charge in [-0.1, -0.05) is 6.92 Å². The predicted octanol–water partition coefficient (Wildman–Crippen LogP) is 2.22. The van der Waals surface area contributed by atoms with Crippen molar-refractivity contribution in [2.75, 3.05) is 19.6 Å². The van der Waals surface area contributed by atoms with E-state index >= 15 is 0 Å². The second-order valence-corrected chi connectivity index (χ2v) is 4.89. The van der Waals surface area contributed by atoms with Gasteiger partial charge in [0, 0.05) is 19.5 Å². The summed E-state index contributed by atoms with van der Waals surface area (Å²) in [6, 6.07) is 0. The fourth-order valence-corrected chi connectivity index (χ4v) is 2.24. The molecule has 0 spiro atoms. The summed E-state index contributed by atoms with van der Waals surface area (Å²) in [5, 5.41) is 5.91. The van der Waals surface area contributed by atoms with Crippen molar-refractivity contribution in [3.8, 4) is 0 Å². The number of hydrogen-bond donors (Lipinski definition) is 2. The predicted molar refractivity (Wildman–Crippen MR) is 63.1 cm³/mol. The Labute approximate surface area is 106 Å². The monoisotopic (exact) mass is 266 g/mol. The van der Waals surface area contributed by atoms with E-state index in [1.165, 1.54) is 0 Å². The number of unbranched alkanes of at least 4 members (excludes halogenated alkanes) is 1. The Morgan fingerprint density at radius 2 is 2.11 bits per heavy atom. The van der Waals surface area contributed by atoms with E-state index in [1.54, 1.807) is 0 Å². The molecule has 1 aliphatic heterocycles. The molecular weight excluding hydrogens is 245 g/mol. The minimum absolute atomic E-state index is 0.0259. The van der Waals surface area contributed by atoms with Crippen molar-refractivity contribution in [3.05, 3.63) is 0 Å². The van der Waals surface area contributed by atoms with Crippen LogP contribution in [-0.4, -0.2) is 31.7 Å². The number of amides is 1. The number of carbonyl (C=O) groups is 1. The largest absolute Gasteiger partial charge is 0.389 e. The second kappa shape index (κ2) is 6.41. The maximum atomic E-state index is 12.0. The quantitative estimate of drug-likeness (QED) is 0.724. The van der Waals surface area contributed by atoms with Crippen molar-refractivity contribution in [1.29, 1.82) is 0 Å². The van der Waals surface area contributed by atoms with E-state index in [-0.39, 0.29) is 17.7 Å². The number of nitrogens with one attached hydrogen (secondary N) is 2. The normalized spacial score (nSPS) is 24.2. The number of halogens is 3. The minimum Gasteiger partial charge on any atom is -0.356 e. The zero-order valence-electron chi connectivity index (χ0n) is 10.7. The van der Waals surface area contributed by atoms with E-state index in [2.05, 4.69) is 10.6 Å². The SMILES string of the molecule is CCC1(C(=O)NCCCCC(F)(F)F)CCNC1. The summed E-state index contributed by atoms with van der Waals surface area (Å²) >= 11 is 0. The first-order chi connectivity index (χ1) is 8.40. The summed E-state index contributed by atoms with van der Waals surface area (Å²) in [5.41, 5.74) is -0.357. The summed E-state index contributed by atoms with van der Waals surface area (Å²) < 4.78 is 35.7. The molecule has 0 radical (unpaired) electrons. The molecule has 0 aromatic heterocycles. The minimum atomic E-state index is -4.09. The third-order valence-electron chi connectivity index (χ3n) is 3.57. The van der Waals surface area contributed by atoms with Gasteiger partial charge in [-0.3, -0.25) is 4.79 Å². The summed E-state index contributed by atoms with van der Waals surface area (Å²) in [6.07, 6.45) is -2.86. The zero-order valence-corrected chi connectivity index (χ0v) is 10.7. The maximum absolute atomic E-state index is 12.0. The van der Waals surface area contributed by atoms with E-state index < -0.39 is 12.6 Å². The van der Waals surface area contributed by atoms with Crippen molar-refractivity contribution in [2.45, 2.75) is 45.2 Å². The highest BCUT2D eigenvalue weighted by molar-refractivity contribution is 5.83. The molecule has 0 bridgehead atoms. The van der Waals surface area contributed by atoms with Crippen LogP contribution in [0.25, 0.3) is 0 Å². The van der Waals surface area contributed by atoms with Crippen molar-refractivity contribution < 1.29 is 18.0 Å². The average Bonchev–Trinajstić information content (AvgIpc) is 2.76. The molecule has 1 heterocycles. The van der Waals surface area contributed by atoms with Gasteiger partial charge >= 0.3 is 6.18 Å². The van der Waals surface area contributed by atoms with Crippen LogP contribution in [0.5, 0.6) is 0 Å². The summed E-state index contributed by atoms with van der Waals surface area (Å²) in [4.78, 5) is 12.0. The number of hydrogen-bond acceptors (Lipinski definition) is 2. The highest BCUT2D eigenvalue weighted by Gasteiger charge is 2.39. The average molecular weight is 266 g/mol. The van der Waals surface area contributed by atoms with Crippen molar-refractivity contribution in [2.24, 2.45) is 5.41 Å². The molecule has 1 aliphatic rings. The third kappa shape index (κ3) is 4.48. The fraction of sp³-hybridized carbons (Fsp3) is 0.917. The van der Waals surface area contributed by atoms with Crippen molar-refractivity contribution in [3.63, 3.8) is 0 Å². The Morgan fingerprint density at radius 1 is 1.39 bits per heavy atom. The van der Waals surface area contributed by atoms with Crippen LogP contribution in [0.15, 0.2) is 0 Å². The highest BCUT2D eigenvalue weighted by atomic mass is 19.4. The van der Waals surface area contributed by atoms with Gasteiger partial charge in [0.15, 0.2) is 0 Å². The molecule has 0 aromatic rings. The Kier molecular flexibility index (Phi) is 5.44. The molecule has 6 heteroatoms. The molecule has 0 aromatic carbocycles. The second-order valence-electron chi connectivity index (χ2n) is 4.89. The molecule has 0 saturated carbocycles. The van der Waals surface area contributed by atoms with Crippen LogP contribution in [0.2, 0.25) is 0 Å². The molecular formula is C12H21F3N2O. The van der Waals surface area contributed by atoms with E-state index in [0.717, 1.165) is 19.4 Å². The van der Waals surface area contributed by atoms with Crippen LogP contribution in [0.3, 0.4) is 0 Å². The van der Waals surface area contributed by atoms with Gasteiger partial charge in [-0.15, -0.1) is 0 Å². The molecule has 18 heavy (non-hydrogen) atoms.